The van der Waals surface area contributed by atoms with Crippen LogP contribution < -0.4 is 5.32 Å². The van der Waals surface area contributed by atoms with Crippen LogP contribution in [0.2, 0.25) is 0 Å². The van der Waals surface area contributed by atoms with E-state index in [1.165, 1.54) is 0 Å². The first-order valence-corrected chi connectivity index (χ1v) is 11.8. The molecule has 1 unspecified atom stereocenters. The van der Waals surface area contributed by atoms with E-state index in [-0.39, 0.29) is 31.5 Å². The largest absolute Gasteiger partial charge is 0.481 e. The van der Waals surface area contributed by atoms with Gasteiger partial charge in [0.25, 0.3) is 0 Å². The van der Waals surface area contributed by atoms with Crippen molar-refractivity contribution >= 4 is 18.0 Å². The number of nitrogens with zero attached hydrogens (tertiary/aromatic N) is 1. The Hall–Kier alpha value is -3.35. The van der Waals surface area contributed by atoms with Crippen molar-refractivity contribution in [1.82, 2.24) is 10.2 Å². The van der Waals surface area contributed by atoms with Crippen molar-refractivity contribution in [3.05, 3.63) is 59.7 Å². The molecule has 180 valence electrons. The van der Waals surface area contributed by atoms with E-state index in [0.717, 1.165) is 22.3 Å². The average molecular weight is 465 g/mol. The lowest BCUT2D eigenvalue weighted by atomic mass is 9.84. The SMILES string of the molecule is CCC1(C(=O)O)CCN(C(=O)C(C)(C)CNC(=O)OCC2c3ccccc3-c3ccccc32)C1. The van der Waals surface area contributed by atoms with Crippen molar-refractivity contribution < 1.29 is 24.2 Å². The third kappa shape index (κ3) is 4.27. The summed E-state index contributed by atoms with van der Waals surface area (Å²) in [4.78, 5) is 38.9. The highest BCUT2D eigenvalue weighted by Crippen LogP contribution is 2.44. The molecule has 7 heteroatoms. The molecule has 0 aromatic heterocycles. The number of alkyl carbamates (subject to hydrolysis) is 1. The van der Waals surface area contributed by atoms with Crippen molar-refractivity contribution in [2.24, 2.45) is 10.8 Å². The quantitative estimate of drug-likeness (QED) is 0.638. The molecule has 4 rings (SSSR count). The van der Waals surface area contributed by atoms with Gasteiger partial charge in [-0.15, -0.1) is 0 Å². The second-order valence-electron chi connectivity index (χ2n) is 9.98. The van der Waals surface area contributed by atoms with Gasteiger partial charge in [0.05, 0.1) is 10.8 Å². The fraction of sp³-hybridized carbons (Fsp3) is 0.444. The first-order valence-electron chi connectivity index (χ1n) is 11.8. The maximum Gasteiger partial charge on any atom is 0.407 e. The van der Waals surface area contributed by atoms with Crippen molar-refractivity contribution in [3.63, 3.8) is 0 Å². The summed E-state index contributed by atoms with van der Waals surface area (Å²) in [6.45, 7) is 6.27. The Bertz CT molecular complexity index is 1070. The van der Waals surface area contributed by atoms with E-state index < -0.39 is 22.9 Å². The zero-order valence-electron chi connectivity index (χ0n) is 20.0. The van der Waals surface area contributed by atoms with Gasteiger partial charge in [-0.05, 0) is 48.9 Å². The summed E-state index contributed by atoms with van der Waals surface area (Å²) in [5.74, 6) is -1.06. The van der Waals surface area contributed by atoms with Gasteiger partial charge in [-0.1, -0.05) is 55.5 Å². The lowest BCUT2D eigenvalue weighted by Gasteiger charge is -2.30. The predicted molar refractivity (Wildman–Crippen MR) is 128 cm³/mol. The van der Waals surface area contributed by atoms with Gasteiger partial charge in [-0.25, -0.2) is 4.79 Å². The number of rotatable bonds is 7. The minimum absolute atomic E-state index is 0.0319. The number of likely N-dealkylation sites (tertiary alicyclic amines) is 1. The molecule has 0 radical (unpaired) electrons. The molecular formula is C27H32N2O5. The first kappa shape index (κ1) is 23.8. The van der Waals surface area contributed by atoms with Gasteiger partial charge in [0.15, 0.2) is 0 Å². The van der Waals surface area contributed by atoms with Crippen LogP contribution >= 0.6 is 0 Å². The van der Waals surface area contributed by atoms with Crippen LogP contribution in [-0.2, 0) is 14.3 Å². The molecule has 1 aliphatic carbocycles. The van der Waals surface area contributed by atoms with Gasteiger partial charge in [0, 0.05) is 25.6 Å². The number of aliphatic carboxylic acids is 1. The van der Waals surface area contributed by atoms with Gasteiger partial charge in [-0.2, -0.15) is 0 Å². The Morgan fingerprint density at radius 3 is 2.21 bits per heavy atom. The Labute approximate surface area is 200 Å². The van der Waals surface area contributed by atoms with Crippen molar-refractivity contribution in [3.8, 4) is 11.1 Å². The van der Waals surface area contributed by atoms with Gasteiger partial charge in [-0.3, -0.25) is 9.59 Å². The monoisotopic (exact) mass is 464 g/mol. The van der Waals surface area contributed by atoms with Crippen molar-refractivity contribution in [2.45, 2.75) is 39.5 Å². The number of hydrogen-bond acceptors (Lipinski definition) is 4. The number of carboxylic acid groups (broad SMARTS) is 1. The number of hydrogen-bond donors (Lipinski definition) is 2. The van der Waals surface area contributed by atoms with Gasteiger partial charge < -0.3 is 20.1 Å². The molecule has 7 nitrogen and oxygen atoms in total. The van der Waals surface area contributed by atoms with E-state index in [1.807, 2.05) is 31.2 Å². The third-order valence-corrected chi connectivity index (χ3v) is 7.37. The summed E-state index contributed by atoms with van der Waals surface area (Å²) in [6.07, 6.45) is 0.350. The van der Waals surface area contributed by atoms with Gasteiger partial charge in [0.1, 0.15) is 6.61 Å². The molecule has 2 aromatic carbocycles. The maximum absolute atomic E-state index is 13.1. The summed E-state index contributed by atoms with van der Waals surface area (Å²) < 4.78 is 5.57. The molecule has 1 aliphatic heterocycles. The molecule has 1 atom stereocenters. The van der Waals surface area contributed by atoms with E-state index in [0.29, 0.717) is 19.4 Å². The Morgan fingerprint density at radius 2 is 1.68 bits per heavy atom. The van der Waals surface area contributed by atoms with Crippen LogP contribution in [0.4, 0.5) is 4.79 Å². The van der Waals surface area contributed by atoms with Crippen molar-refractivity contribution in [2.75, 3.05) is 26.2 Å². The molecule has 0 saturated carbocycles. The molecule has 0 bridgehead atoms. The standard InChI is InChI=1S/C27H32N2O5/c1-4-27(24(31)32)13-14-29(17-27)23(30)26(2,3)16-28-25(33)34-15-22-20-11-7-5-9-18(20)19-10-6-8-12-21(19)22/h5-12,22H,4,13-17H2,1-3H3,(H,28,33)(H,31,32). The van der Waals surface area contributed by atoms with Crippen LogP contribution in [0.15, 0.2) is 48.5 Å². The van der Waals surface area contributed by atoms with E-state index in [9.17, 15) is 19.5 Å². The summed E-state index contributed by atoms with van der Waals surface area (Å²) in [5, 5.41) is 12.3. The van der Waals surface area contributed by atoms with E-state index in [1.54, 1.807) is 18.7 Å². The maximum atomic E-state index is 13.1. The minimum atomic E-state index is -0.883. The normalized spacial score (nSPS) is 19.4. The molecule has 1 saturated heterocycles. The zero-order valence-corrected chi connectivity index (χ0v) is 20.0. The summed E-state index contributed by atoms with van der Waals surface area (Å²) in [6, 6.07) is 16.3. The number of carboxylic acids is 1. The summed E-state index contributed by atoms with van der Waals surface area (Å²) in [7, 11) is 0. The van der Waals surface area contributed by atoms with Gasteiger partial charge >= 0.3 is 12.1 Å². The number of fused-ring (bicyclic) bond motifs is 3. The van der Waals surface area contributed by atoms with Crippen LogP contribution in [0.5, 0.6) is 0 Å². The molecule has 34 heavy (non-hydrogen) atoms. The average Bonchev–Trinajstić information content (AvgIpc) is 3.42. The number of benzene rings is 2. The first-order chi connectivity index (χ1) is 16.2. The number of carbonyl (C=O) groups is 3. The van der Waals surface area contributed by atoms with Crippen LogP contribution in [0, 0.1) is 10.8 Å². The highest BCUT2D eigenvalue weighted by molar-refractivity contribution is 5.85. The molecular weight excluding hydrogens is 432 g/mol. The molecule has 2 amide bonds. The van der Waals surface area contributed by atoms with E-state index in [4.69, 9.17) is 4.74 Å². The van der Waals surface area contributed by atoms with Crippen LogP contribution in [0.3, 0.4) is 0 Å². The van der Waals surface area contributed by atoms with E-state index in [2.05, 4.69) is 29.6 Å². The number of ether oxygens (including phenoxy) is 1. The summed E-state index contributed by atoms with van der Waals surface area (Å²) >= 11 is 0. The van der Waals surface area contributed by atoms with Gasteiger partial charge in [0.2, 0.25) is 5.91 Å². The van der Waals surface area contributed by atoms with Crippen LogP contribution in [-0.4, -0.2) is 54.2 Å². The Kier molecular flexibility index (Phi) is 6.39. The van der Waals surface area contributed by atoms with E-state index >= 15 is 0 Å². The zero-order chi connectivity index (χ0) is 24.5. The lowest BCUT2D eigenvalue weighted by molar-refractivity contribution is -0.149. The predicted octanol–water partition coefficient (Wildman–Crippen LogP) is 4.26. The molecule has 2 aliphatic rings. The van der Waals surface area contributed by atoms with Crippen LogP contribution in [0.1, 0.15) is 50.7 Å². The minimum Gasteiger partial charge on any atom is -0.481 e. The molecule has 2 aromatic rings. The fourth-order valence-corrected chi connectivity index (χ4v) is 5.11. The third-order valence-electron chi connectivity index (χ3n) is 7.37. The number of nitrogens with one attached hydrogen (secondary N) is 1. The highest BCUT2D eigenvalue weighted by Gasteiger charge is 2.47. The topological polar surface area (TPSA) is 95.9 Å². The second-order valence-corrected chi connectivity index (χ2v) is 9.98. The number of amides is 2. The van der Waals surface area contributed by atoms with Crippen LogP contribution in [0.25, 0.3) is 11.1 Å². The Morgan fingerprint density at radius 1 is 1.09 bits per heavy atom. The molecule has 2 N–H and O–H groups in total. The Balaban J connectivity index is 1.34. The lowest BCUT2D eigenvalue weighted by Crippen LogP contribution is -2.47. The smallest absolute Gasteiger partial charge is 0.407 e. The molecule has 1 fully saturated rings. The second kappa shape index (κ2) is 9.12. The molecule has 1 heterocycles. The molecule has 0 spiro atoms. The fourth-order valence-electron chi connectivity index (χ4n) is 5.11. The van der Waals surface area contributed by atoms with Crippen molar-refractivity contribution in [1.29, 1.82) is 0 Å². The summed E-state index contributed by atoms with van der Waals surface area (Å²) in [5.41, 5.74) is 2.83. The number of carbonyl (C=O) groups excluding carboxylic acids is 2. The highest BCUT2D eigenvalue weighted by atomic mass is 16.5.